The Morgan fingerprint density at radius 2 is 0.951 bits per heavy atom. The molecule has 0 saturated carbocycles. The van der Waals surface area contributed by atoms with Crippen molar-refractivity contribution in [3.63, 3.8) is 0 Å². The summed E-state index contributed by atoms with van der Waals surface area (Å²) in [5, 5.41) is 0. The average Bonchev–Trinajstić information content (AvgIpc) is 3.51. The fourth-order valence-corrected chi connectivity index (χ4v) is 4.40. The van der Waals surface area contributed by atoms with E-state index in [1.54, 1.807) is 0 Å². The number of hydrogen-bond donors (Lipinski definition) is 0. The quantitative estimate of drug-likeness (QED) is 0.0929. The summed E-state index contributed by atoms with van der Waals surface area (Å²) in [6, 6.07) is 0. The summed E-state index contributed by atoms with van der Waals surface area (Å²) in [5.74, 6) is 0. The molecule has 0 aromatic carbocycles. The van der Waals surface area contributed by atoms with Crippen LogP contribution in [0.25, 0.3) is 0 Å². The first-order valence-corrected chi connectivity index (χ1v) is 15.7. The van der Waals surface area contributed by atoms with E-state index in [1.165, 1.54) is 45.4 Å². The molecule has 226 valence electrons. The highest BCUT2D eigenvalue weighted by Crippen LogP contribution is 2.38. The third-order valence-electron chi connectivity index (χ3n) is 7.43. The number of epoxide rings is 1. The van der Waals surface area contributed by atoms with E-state index in [4.69, 9.17) is 4.74 Å². The monoisotopic (exact) mass is 556 g/mol. The average molecular weight is 557 g/mol. The molecule has 0 aromatic heterocycles. The second kappa shape index (κ2) is 20.3. The first-order valence-electron chi connectivity index (χ1n) is 15.7. The van der Waals surface area contributed by atoms with Crippen molar-refractivity contribution in [3.8, 4) is 0 Å². The fourth-order valence-electron chi connectivity index (χ4n) is 4.40. The maximum atomic E-state index is 5.69. The van der Waals surface area contributed by atoms with Crippen LogP contribution in [0.1, 0.15) is 121 Å². The van der Waals surface area contributed by atoms with Gasteiger partial charge in [-0.15, -0.1) is 0 Å². The van der Waals surface area contributed by atoms with Crippen LogP contribution in [-0.2, 0) is 4.74 Å². The number of allylic oxidation sites excluding steroid dienone is 20. The van der Waals surface area contributed by atoms with Gasteiger partial charge in [-0.25, -0.2) is 0 Å². The molecule has 0 aromatic rings. The third kappa shape index (κ3) is 20.0. The van der Waals surface area contributed by atoms with E-state index in [0.29, 0.717) is 6.10 Å². The second-order valence-electron chi connectivity index (χ2n) is 12.7. The van der Waals surface area contributed by atoms with Crippen LogP contribution in [0.15, 0.2) is 118 Å². The van der Waals surface area contributed by atoms with Gasteiger partial charge in [0.05, 0.1) is 11.7 Å². The second-order valence-corrected chi connectivity index (χ2v) is 12.7. The van der Waals surface area contributed by atoms with E-state index >= 15 is 0 Å². The van der Waals surface area contributed by atoms with Gasteiger partial charge in [0.25, 0.3) is 0 Å². The molecule has 1 nitrogen and oxygen atoms in total. The highest BCUT2D eigenvalue weighted by Gasteiger charge is 2.46. The largest absolute Gasteiger partial charge is 0.367 e. The number of ether oxygens (including phenoxy) is 1. The van der Waals surface area contributed by atoms with Gasteiger partial charge in [-0.1, -0.05) is 118 Å². The van der Waals surface area contributed by atoms with E-state index < -0.39 is 0 Å². The lowest BCUT2D eigenvalue weighted by atomic mass is 10.0. The Bertz CT molecular complexity index is 1100. The maximum Gasteiger partial charge on any atom is 0.0892 e. The molecule has 41 heavy (non-hydrogen) atoms. The minimum absolute atomic E-state index is 0.112. The minimum atomic E-state index is 0.112. The molecule has 1 aliphatic heterocycles. The highest BCUT2D eigenvalue weighted by atomic mass is 16.6. The van der Waals surface area contributed by atoms with E-state index in [0.717, 1.165) is 44.9 Å². The van der Waals surface area contributed by atoms with Crippen LogP contribution in [-0.4, -0.2) is 11.7 Å². The Kier molecular flexibility index (Phi) is 18.0. The lowest BCUT2D eigenvalue weighted by molar-refractivity contribution is 0.320. The molecule has 0 N–H and O–H groups in total. The molecule has 0 radical (unpaired) electrons. The third-order valence-corrected chi connectivity index (χ3v) is 7.43. The van der Waals surface area contributed by atoms with Crippen molar-refractivity contribution >= 4 is 0 Å². The van der Waals surface area contributed by atoms with Crippen LogP contribution in [0, 0.1) is 0 Å². The predicted molar refractivity (Wildman–Crippen MR) is 185 cm³/mol. The molecular weight excluding hydrogens is 496 g/mol. The predicted octanol–water partition coefficient (Wildman–Crippen LogP) is 12.6. The zero-order valence-corrected chi connectivity index (χ0v) is 28.1. The lowest BCUT2D eigenvalue weighted by Crippen LogP contribution is -2.02. The van der Waals surface area contributed by atoms with E-state index in [2.05, 4.69) is 148 Å². The van der Waals surface area contributed by atoms with Gasteiger partial charge in [0.2, 0.25) is 0 Å². The summed E-state index contributed by atoms with van der Waals surface area (Å²) in [6.45, 7) is 21.9. The van der Waals surface area contributed by atoms with Gasteiger partial charge < -0.3 is 4.74 Å². The van der Waals surface area contributed by atoms with E-state index in [9.17, 15) is 0 Å². The van der Waals surface area contributed by atoms with Gasteiger partial charge in [0, 0.05) is 0 Å². The Labute approximate surface area is 254 Å². The first kappa shape index (κ1) is 36.4. The summed E-state index contributed by atoms with van der Waals surface area (Å²) in [4.78, 5) is 0. The summed E-state index contributed by atoms with van der Waals surface area (Å²) >= 11 is 0. The van der Waals surface area contributed by atoms with Crippen LogP contribution in [0.3, 0.4) is 0 Å². The standard InChI is InChI=1S/C40H60O/c1-32(2)18-13-21-35(5)24-16-27-36(6)25-14-22-33(3)19-11-12-20-34(4)23-15-26-37(7)28-17-29-38(8)30-31-39-40(9,10)41-39/h11-12,14-15,18-20,22-26,29,39H,13,16-17,21,27-28,30-31H2,1-10H3/b12-11+,22-14+,23-15+,33-19+,34-20+,35-24+,36-25+,37-26+,38-29+. The van der Waals surface area contributed by atoms with Crippen molar-refractivity contribution in [1.82, 2.24) is 0 Å². The zero-order valence-electron chi connectivity index (χ0n) is 28.1. The highest BCUT2D eigenvalue weighted by molar-refractivity contribution is 5.30. The van der Waals surface area contributed by atoms with Gasteiger partial charge in [-0.05, 0) is 121 Å². The molecule has 1 unspecified atom stereocenters. The molecule has 1 atom stereocenters. The summed E-state index contributed by atoms with van der Waals surface area (Å²) in [6.07, 6.45) is 38.3. The smallest absolute Gasteiger partial charge is 0.0892 e. The van der Waals surface area contributed by atoms with Crippen molar-refractivity contribution in [2.75, 3.05) is 0 Å². The number of rotatable bonds is 18. The van der Waals surface area contributed by atoms with E-state index in [-0.39, 0.29) is 5.60 Å². The summed E-state index contributed by atoms with van der Waals surface area (Å²) in [5.41, 5.74) is 9.82. The van der Waals surface area contributed by atoms with Gasteiger partial charge >= 0.3 is 0 Å². The Hall–Kier alpha value is -2.64. The van der Waals surface area contributed by atoms with Gasteiger partial charge in [-0.2, -0.15) is 0 Å². The molecule has 1 fully saturated rings. The molecule has 1 saturated heterocycles. The van der Waals surface area contributed by atoms with Crippen molar-refractivity contribution in [1.29, 1.82) is 0 Å². The maximum absolute atomic E-state index is 5.69. The first-order chi connectivity index (χ1) is 19.4. The molecule has 0 spiro atoms. The Morgan fingerprint density at radius 1 is 0.537 bits per heavy atom. The molecule has 1 heterocycles. The molecule has 1 aliphatic rings. The van der Waals surface area contributed by atoms with Crippen LogP contribution in [0.5, 0.6) is 0 Å². The topological polar surface area (TPSA) is 12.5 Å². The molecule has 0 amide bonds. The van der Waals surface area contributed by atoms with E-state index in [1.807, 2.05) is 0 Å². The summed E-state index contributed by atoms with van der Waals surface area (Å²) < 4.78 is 5.69. The molecule has 1 heteroatoms. The van der Waals surface area contributed by atoms with Crippen molar-refractivity contribution in [2.24, 2.45) is 0 Å². The molecule has 0 bridgehead atoms. The Morgan fingerprint density at radius 3 is 1.39 bits per heavy atom. The zero-order chi connectivity index (χ0) is 30.7. The van der Waals surface area contributed by atoms with Crippen molar-refractivity contribution < 1.29 is 4.74 Å². The van der Waals surface area contributed by atoms with Crippen LogP contribution in [0.4, 0.5) is 0 Å². The van der Waals surface area contributed by atoms with Crippen molar-refractivity contribution in [2.45, 2.75) is 132 Å². The molecular formula is C40H60O. The van der Waals surface area contributed by atoms with Gasteiger partial charge in [0.1, 0.15) is 0 Å². The SMILES string of the molecule is CC(C)=CCC/C(C)=C/CC/C(C)=C/C=C/C(C)=C/C=C/C=C(C)/C=C/C=C(\C)CC/C=C(\C)CCC1OC1(C)C. The normalized spacial score (nSPS) is 19.2. The van der Waals surface area contributed by atoms with Gasteiger partial charge in [-0.3, -0.25) is 0 Å². The molecule has 1 rings (SSSR count). The minimum Gasteiger partial charge on any atom is -0.367 e. The van der Waals surface area contributed by atoms with Crippen LogP contribution in [0.2, 0.25) is 0 Å². The molecule has 0 aliphatic carbocycles. The lowest BCUT2D eigenvalue weighted by Gasteiger charge is -2.01. The van der Waals surface area contributed by atoms with Crippen molar-refractivity contribution in [3.05, 3.63) is 118 Å². The summed E-state index contributed by atoms with van der Waals surface area (Å²) in [7, 11) is 0. The van der Waals surface area contributed by atoms with Gasteiger partial charge in [0.15, 0.2) is 0 Å². The van der Waals surface area contributed by atoms with Crippen LogP contribution >= 0.6 is 0 Å². The van der Waals surface area contributed by atoms with Crippen LogP contribution < -0.4 is 0 Å². The Balaban J connectivity index is 2.35. The fraction of sp³-hybridized carbons (Fsp3) is 0.500. The number of hydrogen-bond acceptors (Lipinski definition) is 1.